The lowest BCUT2D eigenvalue weighted by atomic mass is 10.3. The van der Waals surface area contributed by atoms with E-state index in [2.05, 4.69) is 15.3 Å². The highest BCUT2D eigenvalue weighted by Crippen LogP contribution is 2.21. The number of nitrogens with two attached hydrogens (primary N) is 1. The number of benzene rings is 2. The molecule has 1 heterocycles. The quantitative estimate of drug-likeness (QED) is 0.620. The minimum absolute atomic E-state index is 0.352. The van der Waals surface area contributed by atoms with Crippen molar-refractivity contribution >= 4 is 28.4 Å². The van der Waals surface area contributed by atoms with Crippen LogP contribution in [-0.2, 0) is 0 Å². The second-order valence-electron chi connectivity index (χ2n) is 4.12. The molecule has 0 aliphatic carbocycles. The molecule has 96 valence electrons. The number of fused-ring (bicyclic) bond motifs is 1. The predicted molar refractivity (Wildman–Crippen MR) is 70.1 cm³/mol. The van der Waals surface area contributed by atoms with E-state index in [9.17, 15) is 8.78 Å². The van der Waals surface area contributed by atoms with Gasteiger partial charge < -0.3 is 16.0 Å². The summed E-state index contributed by atoms with van der Waals surface area (Å²) < 4.78 is 26.1. The highest BCUT2D eigenvalue weighted by Gasteiger charge is 2.08. The first-order valence-electron chi connectivity index (χ1n) is 5.59. The van der Waals surface area contributed by atoms with Crippen molar-refractivity contribution in [2.45, 2.75) is 0 Å². The molecular formula is C13H10F2N4. The lowest BCUT2D eigenvalue weighted by Crippen LogP contribution is -1.93. The van der Waals surface area contributed by atoms with Crippen molar-refractivity contribution in [1.29, 1.82) is 0 Å². The molecule has 0 spiro atoms. The summed E-state index contributed by atoms with van der Waals surface area (Å²) in [4.78, 5) is 6.99. The molecule has 0 bridgehead atoms. The molecule has 0 unspecified atom stereocenters. The van der Waals surface area contributed by atoms with Gasteiger partial charge >= 0.3 is 0 Å². The summed E-state index contributed by atoms with van der Waals surface area (Å²) in [5.74, 6) is -1.44. The van der Waals surface area contributed by atoms with E-state index in [0.717, 1.165) is 17.8 Å². The van der Waals surface area contributed by atoms with E-state index in [1.807, 2.05) is 6.07 Å². The van der Waals surface area contributed by atoms with Crippen LogP contribution in [0.5, 0.6) is 0 Å². The first-order chi connectivity index (χ1) is 9.11. The predicted octanol–water partition coefficient (Wildman–Crippen LogP) is 3.17. The van der Waals surface area contributed by atoms with Gasteiger partial charge in [-0.1, -0.05) is 6.07 Å². The van der Waals surface area contributed by atoms with Crippen molar-refractivity contribution < 1.29 is 8.78 Å². The second kappa shape index (κ2) is 4.24. The summed E-state index contributed by atoms with van der Waals surface area (Å²) >= 11 is 0. The fourth-order valence-electron chi connectivity index (χ4n) is 1.82. The molecule has 0 fully saturated rings. The Hall–Kier alpha value is -2.63. The van der Waals surface area contributed by atoms with Crippen LogP contribution in [-0.4, -0.2) is 9.97 Å². The van der Waals surface area contributed by atoms with Crippen molar-refractivity contribution in [2.24, 2.45) is 0 Å². The van der Waals surface area contributed by atoms with Gasteiger partial charge in [0.1, 0.15) is 0 Å². The average Bonchev–Trinajstić information content (AvgIpc) is 2.71. The summed E-state index contributed by atoms with van der Waals surface area (Å²) in [5.41, 5.74) is 7.78. The van der Waals surface area contributed by atoms with Gasteiger partial charge in [-0.25, -0.2) is 13.8 Å². The third-order valence-electron chi connectivity index (χ3n) is 2.67. The lowest BCUT2D eigenvalue weighted by molar-refractivity contribution is 0.510. The van der Waals surface area contributed by atoms with Gasteiger partial charge in [0.25, 0.3) is 0 Å². The largest absolute Gasteiger partial charge is 0.399 e. The monoisotopic (exact) mass is 260 g/mol. The minimum atomic E-state index is -0.922. The molecule has 3 aromatic rings. The van der Waals surface area contributed by atoms with Crippen LogP contribution in [0.2, 0.25) is 0 Å². The number of nitrogen functional groups attached to an aromatic ring is 1. The number of imidazole rings is 1. The Morgan fingerprint density at radius 2 is 1.89 bits per heavy atom. The molecule has 0 radical (unpaired) electrons. The molecule has 0 saturated heterocycles. The van der Waals surface area contributed by atoms with Gasteiger partial charge in [-0.05, 0) is 18.2 Å². The van der Waals surface area contributed by atoms with Crippen molar-refractivity contribution in [3.8, 4) is 0 Å². The smallest absolute Gasteiger partial charge is 0.205 e. The van der Waals surface area contributed by atoms with Crippen LogP contribution in [0.3, 0.4) is 0 Å². The molecular weight excluding hydrogens is 250 g/mol. The Balaban J connectivity index is 1.97. The SMILES string of the molecule is Nc1cccc(Nc2nc3cc(F)c(F)cc3[nH]2)c1. The first-order valence-corrected chi connectivity index (χ1v) is 5.59. The van der Waals surface area contributed by atoms with E-state index in [1.54, 1.807) is 18.2 Å². The van der Waals surface area contributed by atoms with E-state index >= 15 is 0 Å². The molecule has 4 nitrogen and oxygen atoms in total. The van der Waals surface area contributed by atoms with E-state index < -0.39 is 11.6 Å². The van der Waals surface area contributed by atoms with Crippen LogP contribution in [0.25, 0.3) is 11.0 Å². The van der Waals surface area contributed by atoms with Crippen LogP contribution in [0.4, 0.5) is 26.1 Å². The Labute approximate surface area is 107 Å². The van der Waals surface area contributed by atoms with Crippen LogP contribution in [0.1, 0.15) is 0 Å². The third-order valence-corrected chi connectivity index (χ3v) is 2.67. The lowest BCUT2D eigenvalue weighted by Gasteiger charge is -2.02. The van der Waals surface area contributed by atoms with Crippen molar-refractivity contribution in [1.82, 2.24) is 9.97 Å². The van der Waals surface area contributed by atoms with Gasteiger partial charge in [0.2, 0.25) is 5.95 Å². The van der Waals surface area contributed by atoms with Crippen molar-refractivity contribution in [2.75, 3.05) is 11.1 Å². The summed E-state index contributed by atoms with van der Waals surface area (Å²) in [7, 11) is 0. The number of halogens is 2. The van der Waals surface area contributed by atoms with Gasteiger partial charge in [-0.2, -0.15) is 0 Å². The van der Waals surface area contributed by atoms with Crippen molar-refractivity contribution in [3.63, 3.8) is 0 Å². The van der Waals surface area contributed by atoms with E-state index in [4.69, 9.17) is 5.73 Å². The minimum Gasteiger partial charge on any atom is -0.399 e. The van der Waals surface area contributed by atoms with Crippen LogP contribution in [0.15, 0.2) is 36.4 Å². The third kappa shape index (κ3) is 2.20. The maximum absolute atomic E-state index is 13.1. The van der Waals surface area contributed by atoms with Crippen LogP contribution >= 0.6 is 0 Å². The summed E-state index contributed by atoms with van der Waals surface area (Å²) in [5, 5.41) is 2.98. The number of nitrogens with one attached hydrogen (secondary N) is 2. The summed E-state index contributed by atoms with van der Waals surface area (Å²) in [6.45, 7) is 0. The molecule has 0 amide bonds. The number of aromatic nitrogens is 2. The molecule has 4 N–H and O–H groups in total. The van der Waals surface area contributed by atoms with Crippen LogP contribution < -0.4 is 11.1 Å². The zero-order valence-corrected chi connectivity index (χ0v) is 9.74. The number of aromatic amines is 1. The number of nitrogens with zero attached hydrogens (tertiary/aromatic N) is 1. The summed E-state index contributed by atoms with van der Waals surface area (Å²) in [6.07, 6.45) is 0. The second-order valence-corrected chi connectivity index (χ2v) is 4.12. The maximum atomic E-state index is 13.1. The molecule has 0 saturated carbocycles. The van der Waals surface area contributed by atoms with Gasteiger partial charge in [0.05, 0.1) is 11.0 Å². The van der Waals surface area contributed by atoms with Crippen molar-refractivity contribution in [3.05, 3.63) is 48.0 Å². The van der Waals surface area contributed by atoms with Gasteiger partial charge in [-0.15, -0.1) is 0 Å². The number of anilines is 3. The zero-order valence-electron chi connectivity index (χ0n) is 9.74. The Kier molecular flexibility index (Phi) is 2.56. The normalized spacial score (nSPS) is 10.8. The average molecular weight is 260 g/mol. The topological polar surface area (TPSA) is 66.7 Å². The highest BCUT2D eigenvalue weighted by atomic mass is 19.2. The number of hydrogen-bond acceptors (Lipinski definition) is 3. The highest BCUT2D eigenvalue weighted by molar-refractivity contribution is 5.78. The number of H-pyrrole nitrogens is 1. The molecule has 0 aliphatic heterocycles. The molecule has 0 aliphatic rings. The fraction of sp³-hybridized carbons (Fsp3) is 0. The molecule has 0 atom stereocenters. The Morgan fingerprint density at radius 1 is 1.11 bits per heavy atom. The first kappa shape index (κ1) is 11.5. The van der Waals surface area contributed by atoms with E-state index in [0.29, 0.717) is 22.7 Å². The standard InChI is InChI=1S/C13H10F2N4/c14-9-5-11-12(6-10(9)15)19-13(18-11)17-8-3-1-2-7(16)4-8/h1-6H,16H2,(H2,17,18,19). The number of rotatable bonds is 2. The zero-order chi connectivity index (χ0) is 13.4. The molecule has 2 aromatic carbocycles. The van der Waals surface area contributed by atoms with Gasteiger partial charge in [-0.3, -0.25) is 0 Å². The summed E-state index contributed by atoms with van der Waals surface area (Å²) in [6, 6.07) is 9.21. The molecule has 19 heavy (non-hydrogen) atoms. The Morgan fingerprint density at radius 3 is 2.68 bits per heavy atom. The number of hydrogen-bond donors (Lipinski definition) is 3. The van der Waals surface area contributed by atoms with Gasteiger partial charge in [0.15, 0.2) is 11.6 Å². The van der Waals surface area contributed by atoms with E-state index in [-0.39, 0.29) is 0 Å². The van der Waals surface area contributed by atoms with E-state index in [1.165, 1.54) is 0 Å². The molecule has 6 heteroatoms. The van der Waals surface area contributed by atoms with Crippen LogP contribution in [0, 0.1) is 11.6 Å². The Bertz CT molecular complexity index is 712. The molecule has 3 rings (SSSR count). The fourth-order valence-corrected chi connectivity index (χ4v) is 1.82. The maximum Gasteiger partial charge on any atom is 0.205 e. The molecule has 1 aromatic heterocycles. The van der Waals surface area contributed by atoms with Gasteiger partial charge in [0, 0.05) is 23.5 Å².